The summed E-state index contributed by atoms with van der Waals surface area (Å²) in [6, 6.07) is 1.68. The fourth-order valence-corrected chi connectivity index (χ4v) is 2.01. The molecule has 1 rings (SSSR count). The lowest BCUT2D eigenvalue weighted by atomic mass is 9.92. The molecule has 1 heterocycles. The van der Waals surface area contributed by atoms with Crippen LogP contribution in [0.15, 0.2) is 6.07 Å². The van der Waals surface area contributed by atoms with E-state index in [4.69, 9.17) is 4.74 Å². The number of nitrogens with one attached hydrogen (secondary N) is 3. The van der Waals surface area contributed by atoms with Crippen LogP contribution in [-0.2, 0) is 20.4 Å². The summed E-state index contributed by atoms with van der Waals surface area (Å²) >= 11 is 0. The van der Waals surface area contributed by atoms with Gasteiger partial charge in [0.25, 0.3) is 10.2 Å². The van der Waals surface area contributed by atoms with Crippen LogP contribution in [0.5, 0.6) is 0 Å². The molecule has 0 aliphatic rings. The average Bonchev–Trinajstić information content (AvgIpc) is 2.65. The predicted molar refractivity (Wildman–Crippen MR) is 69.7 cm³/mol. The van der Waals surface area contributed by atoms with Crippen LogP contribution in [0, 0.1) is 0 Å². The third-order valence-electron chi connectivity index (χ3n) is 2.22. The van der Waals surface area contributed by atoms with Gasteiger partial charge in [0.2, 0.25) is 0 Å². The summed E-state index contributed by atoms with van der Waals surface area (Å²) < 4.78 is 32.6. The molecule has 0 atom stereocenters. The zero-order valence-electron chi connectivity index (χ0n) is 11.1. The number of hydrogen-bond acceptors (Lipinski definition) is 4. The fourth-order valence-electron chi connectivity index (χ4n) is 1.21. The maximum atomic E-state index is 11.6. The third kappa shape index (κ3) is 4.63. The zero-order valence-corrected chi connectivity index (χ0v) is 11.9. The van der Waals surface area contributed by atoms with Crippen LogP contribution in [0.25, 0.3) is 0 Å². The zero-order chi connectivity index (χ0) is 13.8. The number of H-pyrrole nitrogens is 1. The molecule has 8 heteroatoms. The SMILES string of the molecule is COCCNS(=O)(=O)Nc1cc(C(C)(C)C)[nH]n1. The molecule has 0 aromatic carbocycles. The van der Waals surface area contributed by atoms with Crippen molar-refractivity contribution in [3.63, 3.8) is 0 Å². The van der Waals surface area contributed by atoms with E-state index in [-0.39, 0.29) is 17.8 Å². The molecule has 0 amide bonds. The van der Waals surface area contributed by atoms with E-state index in [9.17, 15) is 8.42 Å². The van der Waals surface area contributed by atoms with Crippen molar-refractivity contribution in [3.8, 4) is 0 Å². The van der Waals surface area contributed by atoms with Gasteiger partial charge in [-0.15, -0.1) is 0 Å². The highest BCUT2D eigenvalue weighted by atomic mass is 32.2. The van der Waals surface area contributed by atoms with Gasteiger partial charge in [-0.3, -0.25) is 9.82 Å². The number of ether oxygens (including phenoxy) is 1. The van der Waals surface area contributed by atoms with Gasteiger partial charge in [-0.2, -0.15) is 18.2 Å². The first kappa shape index (κ1) is 14.9. The minimum atomic E-state index is -3.60. The van der Waals surface area contributed by atoms with Crippen LogP contribution in [0.1, 0.15) is 26.5 Å². The van der Waals surface area contributed by atoms with Crippen LogP contribution in [0.2, 0.25) is 0 Å². The van der Waals surface area contributed by atoms with E-state index < -0.39 is 10.2 Å². The largest absolute Gasteiger partial charge is 0.383 e. The second-order valence-corrected chi connectivity index (χ2v) is 6.41. The van der Waals surface area contributed by atoms with Gasteiger partial charge in [-0.1, -0.05) is 20.8 Å². The molecular formula is C10H20N4O3S. The summed E-state index contributed by atoms with van der Waals surface area (Å²) in [5.74, 6) is 0.268. The number of methoxy groups -OCH3 is 1. The van der Waals surface area contributed by atoms with E-state index in [1.807, 2.05) is 20.8 Å². The second-order valence-electron chi connectivity index (χ2n) is 4.91. The molecule has 0 radical (unpaired) electrons. The summed E-state index contributed by atoms with van der Waals surface area (Å²) in [5, 5.41) is 6.72. The number of aromatic amines is 1. The number of hydrogen-bond donors (Lipinski definition) is 3. The summed E-state index contributed by atoms with van der Waals surface area (Å²) in [6.07, 6.45) is 0. The Bertz CT molecular complexity index is 476. The van der Waals surface area contributed by atoms with Crippen molar-refractivity contribution in [1.82, 2.24) is 14.9 Å². The van der Waals surface area contributed by atoms with Crippen LogP contribution in [0.4, 0.5) is 5.82 Å². The van der Waals surface area contributed by atoms with Crippen LogP contribution < -0.4 is 9.44 Å². The summed E-state index contributed by atoms with van der Waals surface area (Å²) in [7, 11) is -2.10. The Balaban J connectivity index is 2.64. The van der Waals surface area contributed by atoms with Crippen molar-refractivity contribution in [3.05, 3.63) is 11.8 Å². The van der Waals surface area contributed by atoms with Gasteiger partial charge in [-0.25, -0.2) is 0 Å². The number of nitrogens with zero attached hydrogens (tertiary/aromatic N) is 1. The second kappa shape index (κ2) is 5.68. The quantitative estimate of drug-likeness (QED) is 0.663. The van der Waals surface area contributed by atoms with E-state index in [0.717, 1.165) is 5.69 Å². The Morgan fingerprint density at radius 1 is 1.44 bits per heavy atom. The average molecular weight is 276 g/mol. The number of anilines is 1. The normalized spacial score (nSPS) is 12.7. The van der Waals surface area contributed by atoms with Gasteiger partial charge in [0.1, 0.15) is 0 Å². The Hall–Kier alpha value is -1.12. The Kier molecular flexibility index (Phi) is 4.71. The summed E-state index contributed by atoms with van der Waals surface area (Å²) in [4.78, 5) is 0. The Morgan fingerprint density at radius 3 is 2.61 bits per heavy atom. The van der Waals surface area contributed by atoms with E-state index in [2.05, 4.69) is 19.6 Å². The molecule has 18 heavy (non-hydrogen) atoms. The summed E-state index contributed by atoms with van der Waals surface area (Å²) in [6.45, 7) is 6.55. The van der Waals surface area contributed by atoms with Gasteiger partial charge in [0.05, 0.1) is 6.61 Å². The molecule has 104 valence electrons. The van der Waals surface area contributed by atoms with E-state index in [1.54, 1.807) is 6.07 Å². The van der Waals surface area contributed by atoms with Gasteiger partial charge in [0, 0.05) is 30.8 Å². The molecule has 1 aromatic heterocycles. The molecule has 7 nitrogen and oxygen atoms in total. The van der Waals surface area contributed by atoms with Crippen molar-refractivity contribution in [2.45, 2.75) is 26.2 Å². The highest BCUT2D eigenvalue weighted by Crippen LogP contribution is 2.22. The Labute approximate surface area is 107 Å². The molecular weight excluding hydrogens is 256 g/mol. The first-order valence-corrected chi connectivity index (χ1v) is 7.05. The predicted octanol–water partition coefficient (Wildman–Crippen LogP) is 0.600. The minimum Gasteiger partial charge on any atom is -0.383 e. The molecule has 0 fully saturated rings. The van der Waals surface area contributed by atoms with Crippen molar-refractivity contribution in [2.24, 2.45) is 0 Å². The first-order chi connectivity index (χ1) is 8.24. The number of rotatable bonds is 6. The molecule has 0 bridgehead atoms. The fraction of sp³-hybridized carbons (Fsp3) is 0.700. The van der Waals surface area contributed by atoms with E-state index in [1.165, 1.54) is 7.11 Å². The molecule has 0 spiro atoms. The highest BCUT2D eigenvalue weighted by Gasteiger charge is 2.18. The monoisotopic (exact) mass is 276 g/mol. The van der Waals surface area contributed by atoms with Crippen molar-refractivity contribution < 1.29 is 13.2 Å². The van der Waals surface area contributed by atoms with E-state index in [0.29, 0.717) is 6.61 Å². The van der Waals surface area contributed by atoms with Crippen LogP contribution in [0.3, 0.4) is 0 Å². The molecule has 0 saturated carbocycles. The molecule has 1 aromatic rings. The summed E-state index contributed by atoms with van der Waals surface area (Å²) in [5.41, 5.74) is 0.747. The van der Waals surface area contributed by atoms with E-state index >= 15 is 0 Å². The topological polar surface area (TPSA) is 96.1 Å². The smallest absolute Gasteiger partial charge is 0.300 e. The van der Waals surface area contributed by atoms with Gasteiger partial charge < -0.3 is 4.74 Å². The molecule has 0 aliphatic heterocycles. The van der Waals surface area contributed by atoms with Gasteiger partial charge in [-0.05, 0) is 0 Å². The molecule has 0 unspecified atom stereocenters. The lowest BCUT2D eigenvalue weighted by Crippen LogP contribution is -2.32. The van der Waals surface area contributed by atoms with Gasteiger partial charge >= 0.3 is 0 Å². The molecule has 0 saturated heterocycles. The third-order valence-corrected chi connectivity index (χ3v) is 3.29. The lowest BCUT2D eigenvalue weighted by Gasteiger charge is -2.14. The van der Waals surface area contributed by atoms with Crippen LogP contribution >= 0.6 is 0 Å². The first-order valence-electron chi connectivity index (χ1n) is 5.57. The van der Waals surface area contributed by atoms with Crippen LogP contribution in [-0.4, -0.2) is 38.9 Å². The van der Waals surface area contributed by atoms with Crippen molar-refractivity contribution in [1.29, 1.82) is 0 Å². The Morgan fingerprint density at radius 2 is 2.11 bits per heavy atom. The van der Waals surface area contributed by atoms with Gasteiger partial charge in [0.15, 0.2) is 5.82 Å². The van der Waals surface area contributed by atoms with Crippen molar-refractivity contribution >= 4 is 16.0 Å². The molecule has 0 aliphatic carbocycles. The molecule has 3 N–H and O–H groups in total. The maximum Gasteiger partial charge on any atom is 0.300 e. The maximum absolute atomic E-state index is 11.6. The number of aromatic nitrogens is 2. The standard InChI is InChI=1S/C10H20N4O3S/c1-10(2,3)8-7-9(13-12-8)14-18(15,16)11-5-6-17-4/h7,11H,5-6H2,1-4H3,(H2,12,13,14). The highest BCUT2D eigenvalue weighted by molar-refractivity contribution is 7.90. The minimum absolute atomic E-state index is 0.111. The van der Waals surface area contributed by atoms with Crippen molar-refractivity contribution in [2.75, 3.05) is 25.0 Å². The lowest BCUT2D eigenvalue weighted by molar-refractivity contribution is 0.204.